The van der Waals surface area contributed by atoms with E-state index in [1.807, 2.05) is 6.07 Å². The lowest BCUT2D eigenvalue weighted by atomic mass is 9.77. The van der Waals surface area contributed by atoms with E-state index >= 15 is 0 Å². The van der Waals surface area contributed by atoms with Crippen molar-refractivity contribution in [2.24, 2.45) is 0 Å². The van der Waals surface area contributed by atoms with E-state index in [-0.39, 0.29) is 11.5 Å². The van der Waals surface area contributed by atoms with Crippen molar-refractivity contribution in [2.45, 2.75) is 77.4 Å². The van der Waals surface area contributed by atoms with Crippen LogP contribution in [0.25, 0.3) is 10.8 Å². The van der Waals surface area contributed by atoms with Crippen LogP contribution in [-0.2, 0) is 13.0 Å². The number of aromatic hydroxyl groups is 1. The minimum absolute atomic E-state index is 0.223. The maximum Gasteiger partial charge on any atom is 0.127 e. The molecule has 3 heteroatoms. The largest absolute Gasteiger partial charge is 0.507 e. The highest BCUT2D eigenvalue weighted by molar-refractivity contribution is 5.82. The number of fused-ring (bicyclic) bond motifs is 2. The smallest absolute Gasteiger partial charge is 0.127 e. The predicted octanol–water partition coefficient (Wildman–Crippen LogP) is 7.76. The summed E-state index contributed by atoms with van der Waals surface area (Å²) in [6.45, 7) is 9.54. The summed E-state index contributed by atoms with van der Waals surface area (Å²) in [5.41, 5.74) is 4.76. The van der Waals surface area contributed by atoms with Gasteiger partial charge in [0.05, 0.1) is 0 Å². The standard InChI is InChI=1S/C32H39NO2/c1-4-5-6-9-23-19-29(34)31-28(21-32(2,3)35-30(31)20-23)26-14-16-33(17-15-26)22-24-12-13-25-10-7-8-11-27(25)18-24/h7-8,10-14,18-20,28,34H,4-6,9,15-17,21-22H2,1-3H3. The Kier molecular flexibility index (Phi) is 6.88. The van der Waals surface area contributed by atoms with Crippen LogP contribution < -0.4 is 4.74 Å². The van der Waals surface area contributed by atoms with Gasteiger partial charge in [0.25, 0.3) is 0 Å². The Morgan fingerprint density at radius 1 is 1.00 bits per heavy atom. The van der Waals surface area contributed by atoms with Gasteiger partial charge >= 0.3 is 0 Å². The van der Waals surface area contributed by atoms with Crippen molar-refractivity contribution in [3.63, 3.8) is 0 Å². The fraction of sp³-hybridized carbons (Fsp3) is 0.438. The van der Waals surface area contributed by atoms with Gasteiger partial charge in [-0.1, -0.05) is 67.8 Å². The van der Waals surface area contributed by atoms with Gasteiger partial charge in [-0.25, -0.2) is 0 Å². The summed E-state index contributed by atoms with van der Waals surface area (Å²) >= 11 is 0. The molecular formula is C32H39NO2. The predicted molar refractivity (Wildman–Crippen MR) is 145 cm³/mol. The first-order valence-corrected chi connectivity index (χ1v) is 13.4. The van der Waals surface area contributed by atoms with Crippen molar-refractivity contribution in [1.29, 1.82) is 0 Å². The summed E-state index contributed by atoms with van der Waals surface area (Å²) in [6, 6.07) is 19.6. The van der Waals surface area contributed by atoms with E-state index in [0.29, 0.717) is 5.75 Å². The number of phenols is 1. The minimum atomic E-state index is -0.241. The van der Waals surface area contributed by atoms with Gasteiger partial charge in [-0.15, -0.1) is 0 Å². The summed E-state index contributed by atoms with van der Waals surface area (Å²) in [5.74, 6) is 1.52. The molecule has 0 aliphatic carbocycles. The molecule has 5 rings (SSSR count). The number of hydrogen-bond donors (Lipinski definition) is 1. The highest BCUT2D eigenvalue weighted by Gasteiger charge is 2.38. The number of aryl methyl sites for hydroxylation is 1. The molecule has 1 unspecified atom stereocenters. The fourth-order valence-corrected chi connectivity index (χ4v) is 5.86. The van der Waals surface area contributed by atoms with E-state index in [1.165, 1.54) is 40.3 Å². The second kappa shape index (κ2) is 10.1. The summed E-state index contributed by atoms with van der Waals surface area (Å²) in [7, 11) is 0. The number of rotatable bonds is 7. The van der Waals surface area contributed by atoms with Gasteiger partial charge < -0.3 is 9.84 Å². The number of hydrogen-bond acceptors (Lipinski definition) is 3. The molecule has 0 fully saturated rings. The van der Waals surface area contributed by atoms with Crippen LogP contribution in [-0.4, -0.2) is 28.7 Å². The fourth-order valence-electron chi connectivity index (χ4n) is 5.86. The first-order valence-electron chi connectivity index (χ1n) is 13.4. The molecule has 2 aliphatic rings. The lowest BCUT2D eigenvalue weighted by Crippen LogP contribution is -2.37. The third-order valence-electron chi connectivity index (χ3n) is 7.68. The average Bonchev–Trinajstić information content (AvgIpc) is 2.83. The average molecular weight is 470 g/mol. The highest BCUT2D eigenvalue weighted by atomic mass is 16.5. The molecule has 0 saturated heterocycles. The van der Waals surface area contributed by atoms with E-state index in [4.69, 9.17) is 4.74 Å². The van der Waals surface area contributed by atoms with Crippen LogP contribution in [0.1, 0.15) is 75.5 Å². The van der Waals surface area contributed by atoms with Crippen molar-refractivity contribution < 1.29 is 9.84 Å². The molecule has 0 aromatic heterocycles. The van der Waals surface area contributed by atoms with Gasteiger partial charge in [-0.2, -0.15) is 0 Å². The van der Waals surface area contributed by atoms with Gasteiger partial charge in [0.15, 0.2) is 0 Å². The van der Waals surface area contributed by atoms with Crippen molar-refractivity contribution in [3.8, 4) is 11.5 Å². The third-order valence-corrected chi connectivity index (χ3v) is 7.68. The van der Waals surface area contributed by atoms with E-state index in [1.54, 1.807) is 0 Å². The molecule has 0 amide bonds. The number of unbranched alkanes of at least 4 members (excludes halogenated alkanes) is 2. The van der Waals surface area contributed by atoms with Gasteiger partial charge in [0, 0.05) is 31.1 Å². The van der Waals surface area contributed by atoms with Crippen molar-refractivity contribution >= 4 is 10.8 Å². The number of nitrogens with zero attached hydrogens (tertiary/aromatic N) is 1. The van der Waals surface area contributed by atoms with Crippen LogP contribution in [0.2, 0.25) is 0 Å². The Bertz CT molecular complexity index is 1230. The molecule has 2 heterocycles. The number of benzene rings is 3. The summed E-state index contributed by atoms with van der Waals surface area (Å²) in [5, 5.41) is 13.7. The lowest BCUT2D eigenvalue weighted by molar-refractivity contribution is 0.0745. The Labute approximate surface area is 210 Å². The lowest BCUT2D eigenvalue weighted by Gasteiger charge is -2.40. The minimum Gasteiger partial charge on any atom is -0.507 e. The monoisotopic (exact) mass is 469 g/mol. The summed E-state index contributed by atoms with van der Waals surface area (Å²) < 4.78 is 6.41. The normalized spacial score (nSPS) is 19.7. The molecule has 1 atom stereocenters. The van der Waals surface area contributed by atoms with Crippen molar-refractivity contribution in [2.75, 3.05) is 13.1 Å². The number of ether oxygens (including phenoxy) is 1. The Balaban J connectivity index is 1.33. The first-order chi connectivity index (χ1) is 16.9. The van der Waals surface area contributed by atoms with Crippen LogP contribution in [0.3, 0.4) is 0 Å². The Morgan fingerprint density at radius 3 is 2.60 bits per heavy atom. The number of phenolic OH excluding ortho intramolecular Hbond substituents is 1. The molecule has 3 aromatic carbocycles. The Morgan fingerprint density at radius 2 is 1.83 bits per heavy atom. The maximum atomic E-state index is 11.1. The summed E-state index contributed by atoms with van der Waals surface area (Å²) in [6.07, 6.45) is 8.92. The van der Waals surface area contributed by atoms with Crippen LogP contribution in [0.5, 0.6) is 11.5 Å². The molecule has 3 nitrogen and oxygen atoms in total. The van der Waals surface area contributed by atoms with E-state index in [9.17, 15) is 5.11 Å². The highest BCUT2D eigenvalue weighted by Crippen LogP contribution is 2.50. The van der Waals surface area contributed by atoms with E-state index < -0.39 is 0 Å². The van der Waals surface area contributed by atoms with Crippen molar-refractivity contribution in [3.05, 3.63) is 82.9 Å². The molecule has 0 radical (unpaired) electrons. The molecule has 1 N–H and O–H groups in total. The van der Waals surface area contributed by atoms with Crippen LogP contribution in [0, 0.1) is 0 Å². The van der Waals surface area contributed by atoms with E-state index in [0.717, 1.165) is 56.6 Å². The molecular weight excluding hydrogens is 430 g/mol. The van der Waals surface area contributed by atoms with Gasteiger partial charge in [-0.3, -0.25) is 4.90 Å². The molecule has 2 aliphatic heterocycles. The quantitative estimate of drug-likeness (QED) is 0.283. The van der Waals surface area contributed by atoms with Crippen LogP contribution >= 0.6 is 0 Å². The molecule has 0 saturated carbocycles. The molecule has 0 bridgehead atoms. The van der Waals surface area contributed by atoms with Crippen molar-refractivity contribution in [1.82, 2.24) is 4.90 Å². The molecule has 3 aromatic rings. The topological polar surface area (TPSA) is 32.7 Å². The second-order valence-electron chi connectivity index (χ2n) is 11.0. The van der Waals surface area contributed by atoms with Crippen LogP contribution in [0.15, 0.2) is 66.2 Å². The zero-order valence-corrected chi connectivity index (χ0v) is 21.5. The Hall–Kier alpha value is -2.78. The van der Waals surface area contributed by atoms with Gasteiger partial charge in [0.1, 0.15) is 17.1 Å². The maximum absolute atomic E-state index is 11.1. The zero-order valence-electron chi connectivity index (χ0n) is 21.5. The van der Waals surface area contributed by atoms with Gasteiger partial charge in [0.2, 0.25) is 0 Å². The second-order valence-corrected chi connectivity index (χ2v) is 11.0. The molecule has 0 spiro atoms. The molecule has 35 heavy (non-hydrogen) atoms. The molecule has 184 valence electrons. The SMILES string of the molecule is CCCCCc1cc(O)c2c(c1)OC(C)(C)CC2C1=CCN(Cc2ccc3ccccc3c2)CC1. The third kappa shape index (κ3) is 5.41. The van der Waals surface area contributed by atoms with Crippen LogP contribution in [0.4, 0.5) is 0 Å². The first kappa shape index (κ1) is 23.9. The summed E-state index contributed by atoms with van der Waals surface area (Å²) in [4.78, 5) is 2.52. The zero-order chi connectivity index (χ0) is 24.4. The van der Waals surface area contributed by atoms with E-state index in [2.05, 4.69) is 80.3 Å². The van der Waals surface area contributed by atoms with Gasteiger partial charge in [-0.05, 0) is 79.6 Å².